The number of Topliss-reactive ketones (excluding diaryl/α,β-unsaturated/α-hetero) is 1. The molecular formula is C14H27NO2. The fourth-order valence-electron chi connectivity index (χ4n) is 2.65. The monoisotopic (exact) mass is 241 g/mol. The molecule has 0 aromatic rings. The van der Waals surface area contributed by atoms with Gasteiger partial charge in [0.15, 0.2) is 0 Å². The summed E-state index contributed by atoms with van der Waals surface area (Å²) in [6.07, 6.45) is 1.18. The number of hydrogen-bond donors (Lipinski definition) is 1. The van der Waals surface area contributed by atoms with Gasteiger partial charge in [0.2, 0.25) is 5.91 Å². The van der Waals surface area contributed by atoms with E-state index in [0.717, 1.165) is 6.42 Å². The quantitative estimate of drug-likeness (QED) is 0.777. The molecule has 0 aliphatic carbocycles. The van der Waals surface area contributed by atoms with Gasteiger partial charge < -0.3 is 5.32 Å². The van der Waals surface area contributed by atoms with Crippen molar-refractivity contribution < 1.29 is 9.59 Å². The topological polar surface area (TPSA) is 46.2 Å². The average molecular weight is 241 g/mol. The molecule has 3 heteroatoms. The van der Waals surface area contributed by atoms with Crippen LogP contribution in [0, 0.1) is 16.7 Å². The van der Waals surface area contributed by atoms with Crippen LogP contribution in [0.5, 0.6) is 0 Å². The standard InChI is InChI=1S/C14H27NO2/c1-10(2)12(17)14(5,6)9-13(3,4)8-11(16)15-7/h10H,8-9H2,1-7H3,(H,15,16). The molecule has 0 atom stereocenters. The Kier molecular flexibility index (Phi) is 5.37. The number of nitrogens with one attached hydrogen (secondary N) is 1. The van der Waals surface area contributed by atoms with E-state index in [2.05, 4.69) is 5.32 Å². The lowest BCUT2D eigenvalue weighted by molar-refractivity contribution is -0.133. The van der Waals surface area contributed by atoms with Gasteiger partial charge in [-0.15, -0.1) is 0 Å². The van der Waals surface area contributed by atoms with E-state index < -0.39 is 0 Å². The normalized spacial score (nSPS) is 12.7. The van der Waals surface area contributed by atoms with Crippen LogP contribution >= 0.6 is 0 Å². The van der Waals surface area contributed by atoms with Crippen LogP contribution in [0.2, 0.25) is 0 Å². The van der Waals surface area contributed by atoms with Crippen molar-refractivity contribution in [1.29, 1.82) is 0 Å². The first-order valence-electron chi connectivity index (χ1n) is 6.27. The second-order valence-corrected chi connectivity index (χ2v) is 6.59. The largest absolute Gasteiger partial charge is 0.359 e. The third-order valence-electron chi connectivity index (χ3n) is 3.03. The Hall–Kier alpha value is -0.860. The van der Waals surface area contributed by atoms with Crippen molar-refractivity contribution in [3.8, 4) is 0 Å². The second kappa shape index (κ2) is 5.65. The van der Waals surface area contributed by atoms with Crippen LogP contribution in [-0.2, 0) is 9.59 Å². The minimum absolute atomic E-state index is 0.0304. The van der Waals surface area contributed by atoms with E-state index in [4.69, 9.17) is 0 Å². The highest BCUT2D eigenvalue weighted by molar-refractivity contribution is 5.86. The van der Waals surface area contributed by atoms with Crippen LogP contribution in [0.25, 0.3) is 0 Å². The summed E-state index contributed by atoms with van der Waals surface area (Å²) in [4.78, 5) is 23.5. The molecule has 1 N–H and O–H groups in total. The molecule has 0 radical (unpaired) electrons. The number of hydrogen-bond acceptors (Lipinski definition) is 2. The van der Waals surface area contributed by atoms with Crippen LogP contribution < -0.4 is 5.32 Å². The summed E-state index contributed by atoms with van der Waals surface area (Å²) >= 11 is 0. The highest BCUT2D eigenvalue weighted by atomic mass is 16.1. The molecule has 0 spiro atoms. The lowest BCUT2D eigenvalue weighted by Gasteiger charge is -2.34. The van der Waals surface area contributed by atoms with Crippen molar-refractivity contribution in [3.63, 3.8) is 0 Å². The molecule has 0 aliphatic heterocycles. The van der Waals surface area contributed by atoms with E-state index in [1.165, 1.54) is 0 Å². The van der Waals surface area contributed by atoms with Gasteiger partial charge in [0.25, 0.3) is 0 Å². The summed E-state index contributed by atoms with van der Waals surface area (Å²) in [5.74, 6) is 0.339. The molecular weight excluding hydrogens is 214 g/mol. The number of amides is 1. The maximum Gasteiger partial charge on any atom is 0.220 e. The van der Waals surface area contributed by atoms with Crippen molar-refractivity contribution in [1.82, 2.24) is 5.32 Å². The molecule has 0 heterocycles. The maximum atomic E-state index is 12.1. The van der Waals surface area contributed by atoms with Crippen molar-refractivity contribution >= 4 is 11.7 Å². The third-order valence-corrected chi connectivity index (χ3v) is 3.03. The van der Waals surface area contributed by atoms with E-state index >= 15 is 0 Å². The van der Waals surface area contributed by atoms with Crippen molar-refractivity contribution in [2.75, 3.05) is 7.05 Å². The first-order chi connectivity index (χ1) is 7.52. The molecule has 17 heavy (non-hydrogen) atoms. The van der Waals surface area contributed by atoms with Gasteiger partial charge in [-0.1, -0.05) is 41.5 Å². The lowest BCUT2D eigenvalue weighted by Crippen LogP contribution is -2.35. The predicted molar refractivity (Wildman–Crippen MR) is 70.7 cm³/mol. The smallest absolute Gasteiger partial charge is 0.220 e. The molecule has 0 aromatic carbocycles. The molecule has 3 nitrogen and oxygen atoms in total. The molecule has 0 rings (SSSR count). The van der Waals surface area contributed by atoms with E-state index in [-0.39, 0.29) is 28.4 Å². The SMILES string of the molecule is CNC(=O)CC(C)(C)CC(C)(C)C(=O)C(C)C. The van der Waals surface area contributed by atoms with E-state index in [1.54, 1.807) is 7.05 Å². The first kappa shape index (κ1) is 16.1. The Morgan fingerprint density at radius 3 is 1.94 bits per heavy atom. The van der Waals surface area contributed by atoms with E-state index in [9.17, 15) is 9.59 Å². The molecule has 100 valence electrons. The van der Waals surface area contributed by atoms with Gasteiger partial charge in [-0.25, -0.2) is 0 Å². The number of carbonyl (C=O) groups is 2. The highest BCUT2D eigenvalue weighted by Crippen LogP contribution is 2.38. The summed E-state index contributed by atoms with van der Waals surface area (Å²) < 4.78 is 0. The van der Waals surface area contributed by atoms with E-state index in [0.29, 0.717) is 6.42 Å². The molecule has 0 aromatic heterocycles. The van der Waals surface area contributed by atoms with Gasteiger partial charge in [0, 0.05) is 24.8 Å². The third kappa shape index (κ3) is 5.33. The number of carbonyl (C=O) groups excluding carboxylic acids is 2. The van der Waals surface area contributed by atoms with Crippen LogP contribution in [-0.4, -0.2) is 18.7 Å². The summed E-state index contributed by atoms with van der Waals surface area (Å²) in [6.45, 7) is 11.9. The van der Waals surface area contributed by atoms with Gasteiger partial charge in [0.05, 0.1) is 0 Å². The fourth-order valence-corrected chi connectivity index (χ4v) is 2.65. The molecule has 0 unspecified atom stereocenters. The zero-order valence-electron chi connectivity index (χ0n) is 12.3. The van der Waals surface area contributed by atoms with Gasteiger partial charge in [-0.3, -0.25) is 9.59 Å². The first-order valence-corrected chi connectivity index (χ1v) is 6.27. The highest BCUT2D eigenvalue weighted by Gasteiger charge is 2.36. The summed E-state index contributed by atoms with van der Waals surface area (Å²) in [5, 5.41) is 2.63. The molecule has 0 fully saturated rings. The molecule has 1 amide bonds. The number of rotatable bonds is 6. The summed E-state index contributed by atoms with van der Waals surface area (Å²) in [5.41, 5.74) is -0.528. The lowest BCUT2D eigenvalue weighted by atomic mass is 9.69. The number of ketones is 1. The van der Waals surface area contributed by atoms with Crippen molar-refractivity contribution in [3.05, 3.63) is 0 Å². The molecule has 0 aliphatic rings. The van der Waals surface area contributed by atoms with Crippen molar-refractivity contribution in [2.45, 2.75) is 54.4 Å². The van der Waals surface area contributed by atoms with Crippen LogP contribution in [0.3, 0.4) is 0 Å². The minimum Gasteiger partial charge on any atom is -0.359 e. The summed E-state index contributed by atoms with van der Waals surface area (Å²) in [7, 11) is 1.64. The van der Waals surface area contributed by atoms with Gasteiger partial charge >= 0.3 is 0 Å². The minimum atomic E-state index is -0.369. The van der Waals surface area contributed by atoms with Crippen LogP contribution in [0.15, 0.2) is 0 Å². The van der Waals surface area contributed by atoms with Gasteiger partial charge in [-0.2, -0.15) is 0 Å². The van der Waals surface area contributed by atoms with Crippen LogP contribution in [0.1, 0.15) is 54.4 Å². The Balaban J connectivity index is 4.69. The zero-order chi connectivity index (χ0) is 13.9. The Bertz CT molecular complexity index is 291. The maximum absolute atomic E-state index is 12.1. The Morgan fingerprint density at radius 1 is 1.12 bits per heavy atom. The molecule has 0 saturated heterocycles. The van der Waals surface area contributed by atoms with Gasteiger partial charge in [0.1, 0.15) is 5.78 Å². The zero-order valence-corrected chi connectivity index (χ0v) is 12.3. The van der Waals surface area contributed by atoms with Crippen LogP contribution in [0.4, 0.5) is 0 Å². The van der Waals surface area contributed by atoms with Gasteiger partial charge in [-0.05, 0) is 11.8 Å². The van der Waals surface area contributed by atoms with Crippen molar-refractivity contribution in [2.24, 2.45) is 16.7 Å². The Labute approximate surface area is 105 Å². The second-order valence-electron chi connectivity index (χ2n) is 6.59. The molecule has 0 bridgehead atoms. The predicted octanol–water partition coefficient (Wildman–Crippen LogP) is 2.79. The molecule has 0 saturated carbocycles. The van der Waals surface area contributed by atoms with E-state index in [1.807, 2.05) is 41.5 Å². The summed E-state index contributed by atoms with van der Waals surface area (Å²) in [6, 6.07) is 0. The average Bonchev–Trinajstić information content (AvgIpc) is 2.13. The fraction of sp³-hybridized carbons (Fsp3) is 0.857. The Morgan fingerprint density at radius 2 is 1.59 bits per heavy atom.